The highest BCUT2D eigenvalue weighted by Crippen LogP contribution is 2.21. The number of carbonyl (C=O) groups is 2. The van der Waals surface area contributed by atoms with Gasteiger partial charge >= 0.3 is 0 Å². The fraction of sp³-hybridized carbons (Fsp3) is 0.421. The molecule has 2 heterocycles. The lowest BCUT2D eigenvalue weighted by Gasteiger charge is -2.31. The van der Waals surface area contributed by atoms with E-state index < -0.39 is 0 Å². The molecule has 0 radical (unpaired) electrons. The molecule has 1 aliphatic rings. The molecule has 1 aliphatic heterocycles. The molecular formula is C19H23N3O3. The summed E-state index contributed by atoms with van der Waals surface area (Å²) < 4.78 is 5.11. The second kappa shape index (κ2) is 7.51. The summed E-state index contributed by atoms with van der Waals surface area (Å²) in [5.41, 5.74) is 2.45. The third kappa shape index (κ3) is 4.07. The lowest BCUT2D eigenvalue weighted by Crippen LogP contribution is -2.42. The van der Waals surface area contributed by atoms with E-state index in [9.17, 15) is 9.59 Å². The molecule has 0 saturated carbocycles. The highest BCUT2D eigenvalue weighted by atomic mass is 16.5. The Hall–Kier alpha value is -2.63. The van der Waals surface area contributed by atoms with Crippen LogP contribution in [-0.4, -0.2) is 35.0 Å². The predicted molar refractivity (Wildman–Crippen MR) is 94.1 cm³/mol. The van der Waals surface area contributed by atoms with Crippen LogP contribution >= 0.6 is 0 Å². The van der Waals surface area contributed by atoms with E-state index in [2.05, 4.69) is 10.5 Å². The molecule has 6 heteroatoms. The van der Waals surface area contributed by atoms with Gasteiger partial charge in [-0.2, -0.15) is 0 Å². The minimum atomic E-state index is -0.0525. The van der Waals surface area contributed by atoms with E-state index in [1.54, 1.807) is 0 Å². The number of carbonyl (C=O) groups excluding carboxylic acids is 2. The smallest absolute Gasteiger partial charge is 0.227 e. The number of benzene rings is 1. The summed E-state index contributed by atoms with van der Waals surface area (Å²) in [4.78, 5) is 26.7. The molecule has 1 aromatic carbocycles. The molecule has 1 fully saturated rings. The van der Waals surface area contributed by atoms with Crippen molar-refractivity contribution >= 4 is 17.5 Å². The number of para-hydroxylation sites is 1. The zero-order valence-corrected chi connectivity index (χ0v) is 14.6. The zero-order valence-electron chi connectivity index (χ0n) is 14.6. The standard InChI is InChI=1S/C19H23N3O3/c1-13-17(14(2)25-21-13)12-18(23)22-10-8-15(9-11-22)19(24)20-16-6-4-3-5-7-16/h3-7,15H,8-12H2,1-2H3,(H,20,24). The minimum Gasteiger partial charge on any atom is -0.361 e. The topological polar surface area (TPSA) is 75.4 Å². The Labute approximate surface area is 147 Å². The first kappa shape index (κ1) is 17.2. The molecule has 3 rings (SSSR count). The van der Waals surface area contributed by atoms with Crippen molar-refractivity contribution in [3.05, 3.63) is 47.3 Å². The number of anilines is 1. The van der Waals surface area contributed by atoms with Crippen molar-refractivity contribution in [1.29, 1.82) is 0 Å². The summed E-state index contributed by atoms with van der Waals surface area (Å²) in [7, 11) is 0. The van der Waals surface area contributed by atoms with Crippen LogP contribution < -0.4 is 5.32 Å². The maximum absolute atomic E-state index is 12.5. The second-order valence-corrected chi connectivity index (χ2v) is 6.49. The van der Waals surface area contributed by atoms with Crippen molar-refractivity contribution in [3.63, 3.8) is 0 Å². The van der Waals surface area contributed by atoms with E-state index in [0.29, 0.717) is 38.1 Å². The van der Waals surface area contributed by atoms with E-state index in [1.165, 1.54) is 0 Å². The van der Waals surface area contributed by atoms with E-state index >= 15 is 0 Å². The van der Waals surface area contributed by atoms with Gasteiger partial charge in [-0.15, -0.1) is 0 Å². The van der Waals surface area contributed by atoms with Crippen molar-refractivity contribution in [2.75, 3.05) is 18.4 Å². The summed E-state index contributed by atoms with van der Waals surface area (Å²) in [5, 5.41) is 6.83. The average Bonchev–Trinajstić information content (AvgIpc) is 2.94. The van der Waals surface area contributed by atoms with Crippen LogP contribution in [0.2, 0.25) is 0 Å². The van der Waals surface area contributed by atoms with Gasteiger partial charge in [-0.1, -0.05) is 23.4 Å². The number of nitrogens with zero attached hydrogens (tertiary/aromatic N) is 2. The van der Waals surface area contributed by atoms with Crippen LogP contribution in [0.25, 0.3) is 0 Å². The molecule has 25 heavy (non-hydrogen) atoms. The molecule has 2 amide bonds. The molecule has 132 valence electrons. The number of hydrogen-bond donors (Lipinski definition) is 1. The second-order valence-electron chi connectivity index (χ2n) is 6.49. The van der Waals surface area contributed by atoms with Gasteiger partial charge in [-0.05, 0) is 38.8 Å². The van der Waals surface area contributed by atoms with E-state index in [4.69, 9.17) is 4.52 Å². The zero-order chi connectivity index (χ0) is 17.8. The molecule has 0 aliphatic carbocycles. The molecule has 0 spiro atoms. The first-order valence-electron chi connectivity index (χ1n) is 8.60. The number of piperidine rings is 1. The number of likely N-dealkylation sites (tertiary alicyclic amines) is 1. The molecule has 2 aromatic rings. The first-order valence-corrected chi connectivity index (χ1v) is 8.60. The lowest BCUT2D eigenvalue weighted by atomic mass is 9.95. The summed E-state index contributed by atoms with van der Waals surface area (Å²) in [6.45, 7) is 4.88. The van der Waals surface area contributed by atoms with Gasteiger partial charge in [0, 0.05) is 30.3 Å². The number of aromatic nitrogens is 1. The first-order chi connectivity index (χ1) is 12.0. The Morgan fingerprint density at radius 3 is 2.48 bits per heavy atom. The SMILES string of the molecule is Cc1noc(C)c1CC(=O)N1CCC(C(=O)Nc2ccccc2)CC1. The fourth-order valence-corrected chi connectivity index (χ4v) is 3.17. The van der Waals surface area contributed by atoms with Crippen LogP contribution in [0.4, 0.5) is 5.69 Å². The van der Waals surface area contributed by atoms with E-state index in [0.717, 1.165) is 16.9 Å². The molecule has 1 aromatic heterocycles. The number of nitrogens with one attached hydrogen (secondary N) is 1. The largest absolute Gasteiger partial charge is 0.361 e. The Morgan fingerprint density at radius 1 is 1.20 bits per heavy atom. The van der Waals surface area contributed by atoms with Gasteiger partial charge in [0.25, 0.3) is 0 Å². The maximum Gasteiger partial charge on any atom is 0.227 e. The summed E-state index contributed by atoms with van der Waals surface area (Å²) in [5.74, 6) is 0.742. The van der Waals surface area contributed by atoms with Gasteiger partial charge in [0.05, 0.1) is 12.1 Å². The molecule has 0 unspecified atom stereocenters. The lowest BCUT2D eigenvalue weighted by molar-refractivity contribution is -0.133. The predicted octanol–water partition coefficient (Wildman–Crippen LogP) is 2.71. The summed E-state index contributed by atoms with van der Waals surface area (Å²) >= 11 is 0. The number of rotatable bonds is 4. The normalized spacial score (nSPS) is 15.2. The molecule has 1 N–H and O–H groups in total. The summed E-state index contributed by atoms with van der Waals surface area (Å²) in [6.07, 6.45) is 1.68. The highest BCUT2D eigenvalue weighted by molar-refractivity contribution is 5.92. The Balaban J connectivity index is 1.51. The van der Waals surface area contributed by atoms with Crippen LogP contribution in [0.3, 0.4) is 0 Å². The highest BCUT2D eigenvalue weighted by Gasteiger charge is 2.28. The van der Waals surface area contributed by atoms with Crippen molar-refractivity contribution in [2.45, 2.75) is 33.1 Å². The van der Waals surface area contributed by atoms with Crippen LogP contribution in [0.5, 0.6) is 0 Å². The van der Waals surface area contributed by atoms with E-state index in [1.807, 2.05) is 49.1 Å². The fourth-order valence-electron chi connectivity index (χ4n) is 3.17. The van der Waals surface area contributed by atoms with Crippen LogP contribution in [0, 0.1) is 19.8 Å². The van der Waals surface area contributed by atoms with Crippen LogP contribution in [0.1, 0.15) is 29.9 Å². The third-order valence-electron chi connectivity index (χ3n) is 4.77. The molecule has 1 saturated heterocycles. The van der Waals surface area contributed by atoms with Gasteiger partial charge in [0.2, 0.25) is 11.8 Å². The van der Waals surface area contributed by atoms with Gasteiger partial charge < -0.3 is 14.7 Å². The van der Waals surface area contributed by atoms with Gasteiger partial charge in [0.15, 0.2) is 0 Å². The molecule has 0 atom stereocenters. The molecule has 6 nitrogen and oxygen atoms in total. The number of hydrogen-bond acceptors (Lipinski definition) is 4. The van der Waals surface area contributed by atoms with Crippen molar-refractivity contribution in [3.8, 4) is 0 Å². The number of aryl methyl sites for hydroxylation is 2. The Morgan fingerprint density at radius 2 is 1.88 bits per heavy atom. The molecular weight excluding hydrogens is 318 g/mol. The van der Waals surface area contributed by atoms with Gasteiger partial charge in [-0.3, -0.25) is 9.59 Å². The van der Waals surface area contributed by atoms with E-state index in [-0.39, 0.29) is 17.7 Å². The van der Waals surface area contributed by atoms with Gasteiger partial charge in [0.1, 0.15) is 5.76 Å². The monoisotopic (exact) mass is 341 g/mol. The minimum absolute atomic E-state index is 0.0315. The average molecular weight is 341 g/mol. The van der Waals surface area contributed by atoms with Crippen molar-refractivity contribution in [1.82, 2.24) is 10.1 Å². The van der Waals surface area contributed by atoms with Crippen molar-refractivity contribution in [2.24, 2.45) is 5.92 Å². The van der Waals surface area contributed by atoms with Gasteiger partial charge in [-0.25, -0.2) is 0 Å². The maximum atomic E-state index is 12.5. The summed E-state index contributed by atoms with van der Waals surface area (Å²) in [6, 6.07) is 9.45. The number of amides is 2. The third-order valence-corrected chi connectivity index (χ3v) is 4.77. The Bertz CT molecular complexity index is 727. The Kier molecular flexibility index (Phi) is 5.16. The molecule has 0 bridgehead atoms. The van der Waals surface area contributed by atoms with Crippen LogP contribution in [-0.2, 0) is 16.0 Å². The quantitative estimate of drug-likeness (QED) is 0.928. The van der Waals surface area contributed by atoms with Crippen LogP contribution in [0.15, 0.2) is 34.9 Å². The van der Waals surface area contributed by atoms with Crippen molar-refractivity contribution < 1.29 is 14.1 Å².